The van der Waals surface area contributed by atoms with Crippen LogP contribution in [0.2, 0.25) is 0 Å². The fraction of sp³-hybridized carbons (Fsp3) is 0.562. The number of halogens is 1. The molecule has 1 aromatic carbocycles. The molecule has 0 aliphatic heterocycles. The molecule has 1 unspecified atom stereocenters. The van der Waals surface area contributed by atoms with Gasteiger partial charge in [0.25, 0.3) is 0 Å². The van der Waals surface area contributed by atoms with Crippen LogP contribution in [0.5, 0.6) is 0 Å². The van der Waals surface area contributed by atoms with Gasteiger partial charge >= 0.3 is 0 Å². The number of hydrogen-bond donors (Lipinski definition) is 2. The van der Waals surface area contributed by atoms with Crippen LogP contribution in [0.1, 0.15) is 38.2 Å². The molecule has 1 aliphatic carbocycles. The van der Waals surface area contributed by atoms with E-state index >= 15 is 0 Å². The maximum atomic E-state index is 12.3. The van der Waals surface area contributed by atoms with Crippen molar-refractivity contribution in [3.05, 3.63) is 35.9 Å². The molecule has 0 saturated heterocycles. The zero-order valence-electron chi connectivity index (χ0n) is 12.5. The fourth-order valence-electron chi connectivity index (χ4n) is 2.67. The summed E-state index contributed by atoms with van der Waals surface area (Å²) >= 11 is 1.68. The van der Waals surface area contributed by atoms with Gasteiger partial charge in [-0.05, 0) is 25.3 Å². The van der Waals surface area contributed by atoms with Crippen molar-refractivity contribution in [2.75, 3.05) is 6.54 Å². The number of nitrogens with two attached hydrogens (primary N) is 1. The molecular formula is C16H25ClN2OS. The monoisotopic (exact) mass is 328 g/mol. The number of thioether (sulfide) groups is 1. The number of carbonyl (C=O) groups is 1. The van der Waals surface area contributed by atoms with Gasteiger partial charge < -0.3 is 11.1 Å². The summed E-state index contributed by atoms with van der Waals surface area (Å²) in [5, 5.41) is 3.15. The van der Waals surface area contributed by atoms with Crippen LogP contribution in [0, 0.1) is 0 Å². The van der Waals surface area contributed by atoms with Crippen LogP contribution >= 0.6 is 24.2 Å². The van der Waals surface area contributed by atoms with E-state index in [0.717, 1.165) is 18.6 Å². The minimum absolute atomic E-state index is 0. The minimum Gasteiger partial charge on any atom is -0.348 e. The molecule has 1 atom stereocenters. The Labute approximate surface area is 137 Å². The largest absolute Gasteiger partial charge is 0.348 e. The zero-order chi connectivity index (χ0) is 14.4. The lowest BCUT2D eigenvalue weighted by Gasteiger charge is -2.30. The number of hydrogen-bond acceptors (Lipinski definition) is 3. The summed E-state index contributed by atoms with van der Waals surface area (Å²) in [6.07, 6.45) is 4.38. The van der Waals surface area contributed by atoms with E-state index in [-0.39, 0.29) is 29.1 Å². The Kier molecular flexibility index (Phi) is 7.57. The van der Waals surface area contributed by atoms with Gasteiger partial charge in [-0.1, -0.05) is 43.2 Å². The van der Waals surface area contributed by atoms with Gasteiger partial charge in [0.05, 0.1) is 10.8 Å². The quantitative estimate of drug-likeness (QED) is 0.843. The highest BCUT2D eigenvalue weighted by atomic mass is 35.5. The second-order valence-electron chi connectivity index (χ2n) is 5.62. The van der Waals surface area contributed by atoms with Crippen LogP contribution in [-0.4, -0.2) is 23.2 Å². The van der Waals surface area contributed by atoms with Crippen molar-refractivity contribution < 1.29 is 4.79 Å². The molecule has 1 aromatic rings. The summed E-state index contributed by atoms with van der Waals surface area (Å²) in [7, 11) is 0. The first-order chi connectivity index (χ1) is 9.65. The molecule has 3 nitrogen and oxygen atoms in total. The summed E-state index contributed by atoms with van der Waals surface area (Å²) in [5.74, 6) is 0.990. The van der Waals surface area contributed by atoms with Crippen molar-refractivity contribution in [1.82, 2.24) is 5.32 Å². The molecule has 1 aliphatic rings. The maximum Gasteiger partial charge on any atom is 0.233 e. The van der Waals surface area contributed by atoms with Gasteiger partial charge in [0.15, 0.2) is 0 Å². The smallest absolute Gasteiger partial charge is 0.233 e. The maximum absolute atomic E-state index is 12.3. The van der Waals surface area contributed by atoms with E-state index in [9.17, 15) is 4.79 Å². The molecule has 21 heavy (non-hydrogen) atoms. The number of carbonyl (C=O) groups excluding carboxylic acids is 1. The summed E-state index contributed by atoms with van der Waals surface area (Å²) in [4.78, 5) is 12.3. The van der Waals surface area contributed by atoms with Gasteiger partial charge in [-0.15, -0.1) is 24.2 Å². The van der Waals surface area contributed by atoms with Crippen LogP contribution in [0.3, 0.4) is 0 Å². The summed E-state index contributed by atoms with van der Waals surface area (Å²) in [6.45, 7) is 2.52. The van der Waals surface area contributed by atoms with E-state index in [4.69, 9.17) is 5.73 Å². The molecule has 1 fully saturated rings. The summed E-state index contributed by atoms with van der Waals surface area (Å²) < 4.78 is 0. The van der Waals surface area contributed by atoms with Gasteiger partial charge in [-0.2, -0.15) is 0 Å². The molecule has 2 rings (SSSR count). The second-order valence-corrected chi connectivity index (χ2v) is 6.95. The van der Waals surface area contributed by atoms with E-state index in [2.05, 4.69) is 17.4 Å². The van der Waals surface area contributed by atoms with E-state index in [1.165, 1.54) is 18.4 Å². The Morgan fingerprint density at radius 2 is 1.95 bits per heavy atom. The van der Waals surface area contributed by atoms with Gasteiger partial charge in [-0.25, -0.2) is 0 Å². The fourth-order valence-corrected chi connectivity index (χ4v) is 3.51. The first kappa shape index (κ1) is 18.3. The third-order valence-corrected chi connectivity index (χ3v) is 5.27. The molecule has 5 heteroatoms. The molecule has 0 heterocycles. The third kappa shape index (κ3) is 5.20. The van der Waals surface area contributed by atoms with E-state index < -0.39 is 0 Å². The highest BCUT2D eigenvalue weighted by molar-refractivity contribution is 7.99. The van der Waals surface area contributed by atoms with Crippen LogP contribution in [0.25, 0.3) is 0 Å². The molecule has 3 N–H and O–H groups in total. The van der Waals surface area contributed by atoms with Crippen molar-refractivity contribution in [1.29, 1.82) is 0 Å². The zero-order valence-corrected chi connectivity index (χ0v) is 14.1. The lowest BCUT2D eigenvalue weighted by molar-refractivity contribution is -0.122. The minimum atomic E-state index is -0.140. The predicted octanol–water partition coefficient (Wildman–Crippen LogP) is 3.12. The first-order valence-electron chi connectivity index (χ1n) is 7.33. The Bertz CT molecular complexity index is 435. The number of amides is 1. The molecule has 0 radical (unpaired) electrons. The second kappa shape index (κ2) is 8.66. The average Bonchev–Trinajstić information content (AvgIpc) is 2.95. The topological polar surface area (TPSA) is 55.1 Å². The average molecular weight is 329 g/mol. The summed E-state index contributed by atoms with van der Waals surface area (Å²) in [5.41, 5.74) is 6.98. The van der Waals surface area contributed by atoms with Crippen molar-refractivity contribution in [2.45, 2.75) is 49.1 Å². The van der Waals surface area contributed by atoms with E-state index in [1.807, 2.05) is 25.1 Å². The number of nitrogens with one attached hydrogen (secondary N) is 1. The van der Waals surface area contributed by atoms with Crippen LogP contribution in [0.15, 0.2) is 30.3 Å². The van der Waals surface area contributed by atoms with Crippen LogP contribution < -0.4 is 11.1 Å². The Morgan fingerprint density at radius 3 is 2.52 bits per heavy atom. The molecular weight excluding hydrogens is 304 g/mol. The van der Waals surface area contributed by atoms with Gasteiger partial charge in [-0.3, -0.25) is 4.79 Å². The normalized spacial score (nSPS) is 17.8. The predicted molar refractivity (Wildman–Crippen MR) is 92.8 cm³/mol. The van der Waals surface area contributed by atoms with Gasteiger partial charge in [0.1, 0.15) is 0 Å². The van der Waals surface area contributed by atoms with Crippen molar-refractivity contribution >= 4 is 30.1 Å². The molecule has 118 valence electrons. The van der Waals surface area contributed by atoms with Crippen molar-refractivity contribution in [3.63, 3.8) is 0 Å². The lowest BCUT2D eigenvalue weighted by Crippen LogP contribution is -2.53. The van der Waals surface area contributed by atoms with Crippen molar-refractivity contribution in [3.8, 4) is 0 Å². The van der Waals surface area contributed by atoms with Gasteiger partial charge in [0.2, 0.25) is 5.91 Å². The Hall–Kier alpha value is -0.710. The van der Waals surface area contributed by atoms with E-state index in [0.29, 0.717) is 6.54 Å². The molecule has 0 aromatic heterocycles. The summed E-state index contributed by atoms with van der Waals surface area (Å²) in [6, 6.07) is 10.3. The Balaban J connectivity index is 0.00000220. The highest BCUT2D eigenvalue weighted by Gasteiger charge is 2.34. The molecule has 0 bridgehead atoms. The molecule has 0 spiro atoms. The molecule has 1 amide bonds. The first-order valence-corrected chi connectivity index (χ1v) is 8.38. The Morgan fingerprint density at radius 1 is 1.33 bits per heavy atom. The number of rotatable bonds is 6. The number of benzene rings is 1. The standard InChI is InChI=1S/C16H24N2OS.ClH/c1-13(20-11-14-7-3-2-4-8-14)15(19)18-16(12-17)9-5-6-10-16;/h2-4,7-8,13H,5-6,9-12,17H2,1H3,(H,18,19);1H. The van der Waals surface area contributed by atoms with Gasteiger partial charge in [0, 0.05) is 12.3 Å². The van der Waals surface area contributed by atoms with Crippen LogP contribution in [0.4, 0.5) is 0 Å². The molecule has 1 saturated carbocycles. The highest BCUT2D eigenvalue weighted by Crippen LogP contribution is 2.29. The SMILES string of the molecule is CC(SCc1ccccc1)C(=O)NC1(CN)CCCC1.Cl. The third-order valence-electron chi connectivity index (χ3n) is 4.05. The van der Waals surface area contributed by atoms with Crippen LogP contribution in [-0.2, 0) is 10.5 Å². The van der Waals surface area contributed by atoms with Crippen molar-refractivity contribution in [2.24, 2.45) is 5.73 Å². The lowest BCUT2D eigenvalue weighted by atomic mass is 9.98. The van der Waals surface area contributed by atoms with E-state index in [1.54, 1.807) is 11.8 Å².